The van der Waals surface area contributed by atoms with Crippen molar-refractivity contribution < 1.29 is 4.79 Å². The van der Waals surface area contributed by atoms with Crippen LogP contribution in [-0.2, 0) is 16.6 Å². The van der Waals surface area contributed by atoms with E-state index in [0.717, 1.165) is 37.5 Å². The van der Waals surface area contributed by atoms with E-state index < -0.39 is 0 Å². The van der Waals surface area contributed by atoms with Gasteiger partial charge in [-0.3, -0.25) is 4.79 Å². The number of nitrogens with zero attached hydrogens (tertiary/aromatic N) is 5. The average Bonchev–Trinajstić information content (AvgIpc) is 3.28. The van der Waals surface area contributed by atoms with Crippen molar-refractivity contribution in [2.75, 3.05) is 24.5 Å². The number of tetrazole rings is 1. The van der Waals surface area contributed by atoms with E-state index in [1.54, 1.807) is 6.92 Å². The normalized spacial score (nSPS) is 16.9. The van der Waals surface area contributed by atoms with Gasteiger partial charge in [-0.15, -0.1) is 10.2 Å². The average molecular weight is 437 g/mol. The molecule has 0 aliphatic carbocycles. The molecule has 0 bridgehead atoms. The molecule has 0 atom stereocenters. The second-order valence-corrected chi connectivity index (χ2v) is 8.94. The minimum Gasteiger partial charge on any atom is -0.343 e. The maximum Gasteiger partial charge on any atom is 0.219 e. The lowest BCUT2D eigenvalue weighted by molar-refractivity contribution is -0.130. The molecule has 0 saturated carbocycles. The molecule has 3 heterocycles. The van der Waals surface area contributed by atoms with Crippen LogP contribution in [0, 0.1) is 6.92 Å². The van der Waals surface area contributed by atoms with Crippen LogP contribution in [0.25, 0.3) is 0 Å². The molecule has 0 radical (unpaired) electrons. The second kappa shape index (κ2) is 7.64. The number of likely N-dealkylation sites (tertiary alicyclic amines) is 1. The quantitative estimate of drug-likeness (QED) is 0.675. The Balaban J connectivity index is 1.63. The minimum atomic E-state index is -0.157. The van der Waals surface area contributed by atoms with Crippen LogP contribution in [0.2, 0.25) is 5.02 Å². The highest BCUT2D eigenvalue weighted by atomic mass is 35.5. The number of hydrogen-bond acceptors (Lipinski definition) is 5. The van der Waals surface area contributed by atoms with Crippen LogP contribution in [0.5, 0.6) is 0 Å². The maximum absolute atomic E-state index is 12.0. The molecule has 8 heteroatoms. The van der Waals surface area contributed by atoms with E-state index in [0.29, 0.717) is 12.2 Å². The Morgan fingerprint density at radius 2 is 1.84 bits per heavy atom. The van der Waals surface area contributed by atoms with Crippen molar-refractivity contribution in [3.8, 4) is 0 Å². The number of aromatic amines is 1. The van der Waals surface area contributed by atoms with Gasteiger partial charge in [-0.1, -0.05) is 34.5 Å². The first-order chi connectivity index (χ1) is 15.0. The topological polar surface area (TPSA) is 78.0 Å². The van der Waals surface area contributed by atoms with Gasteiger partial charge in [0, 0.05) is 54.8 Å². The molecule has 1 fully saturated rings. The highest BCUT2D eigenvalue weighted by Gasteiger charge is 2.45. The Morgan fingerprint density at radius 1 is 1.13 bits per heavy atom. The van der Waals surface area contributed by atoms with E-state index in [1.165, 1.54) is 28.1 Å². The molecule has 1 spiro atoms. The summed E-state index contributed by atoms with van der Waals surface area (Å²) in [5.74, 6) is 0.836. The molecule has 1 saturated heterocycles. The summed E-state index contributed by atoms with van der Waals surface area (Å²) in [5.41, 5.74) is 6.01. The zero-order valence-corrected chi connectivity index (χ0v) is 18.5. The van der Waals surface area contributed by atoms with E-state index in [1.807, 2.05) is 11.0 Å². The third kappa shape index (κ3) is 3.37. The fraction of sp³-hybridized carbons (Fsp3) is 0.391. The van der Waals surface area contributed by atoms with Gasteiger partial charge in [-0.25, -0.2) is 0 Å². The minimum absolute atomic E-state index is 0.142. The molecule has 2 aliphatic rings. The summed E-state index contributed by atoms with van der Waals surface area (Å²) < 4.78 is 0. The van der Waals surface area contributed by atoms with Crippen LogP contribution >= 0.6 is 11.6 Å². The number of amides is 1. The third-order valence-corrected chi connectivity index (χ3v) is 6.97. The molecule has 1 aromatic heterocycles. The third-order valence-electron chi connectivity index (χ3n) is 6.73. The summed E-state index contributed by atoms with van der Waals surface area (Å²) in [6.45, 7) is 6.02. The Morgan fingerprint density at radius 3 is 2.52 bits per heavy atom. The summed E-state index contributed by atoms with van der Waals surface area (Å²) in [4.78, 5) is 16.3. The summed E-state index contributed by atoms with van der Waals surface area (Å²) in [7, 11) is 0. The number of halogens is 1. The lowest BCUT2D eigenvalue weighted by atomic mass is 9.64. The second-order valence-electron chi connectivity index (χ2n) is 8.50. The smallest absolute Gasteiger partial charge is 0.219 e. The predicted octanol–water partition coefficient (Wildman–Crippen LogP) is 3.78. The van der Waals surface area contributed by atoms with E-state index in [2.05, 4.69) is 62.8 Å². The number of carbonyl (C=O) groups is 1. The van der Waals surface area contributed by atoms with E-state index in [-0.39, 0.29) is 11.3 Å². The van der Waals surface area contributed by atoms with Crippen LogP contribution in [0.1, 0.15) is 42.3 Å². The first-order valence-corrected chi connectivity index (χ1v) is 11.0. The number of aromatic nitrogens is 4. The standard InChI is InChI=1S/C23H25ClN6O/c1-15-3-5-20-18(13-15)23(8-11-29(12-9-23)16(2)31)19-14-17(24)4-6-21(19)30(20)10-7-22-25-27-28-26-22/h3-6,13-14H,7-12H2,1-2H3,(H,25,26,27,28). The van der Waals surface area contributed by atoms with Crippen molar-refractivity contribution in [2.45, 2.75) is 38.5 Å². The Hall–Kier alpha value is -2.93. The molecule has 7 nitrogen and oxygen atoms in total. The van der Waals surface area contributed by atoms with Gasteiger partial charge in [0.15, 0.2) is 5.82 Å². The van der Waals surface area contributed by atoms with E-state index in [4.69, 9.17) is 11.6 Å². The molecule has 160 valence electrons. The number of rotatable bonds is 3. The van der Waals surface area contributed by atoms with Gasteiger partial charge < -0.3 is 9.80 Å². The number of aryl methyl sites for hydroxylation is 1. The number of hydrogen-bond donors (Lipinski definition) is 1. The van der Waals surface area contributed by atoms with Crippen LogP contribution in [0.15, 0.2) is 36.4 Å². The number of H-pyrrole nitrogens is 1. The lowest BCUT2D eigenvalue weighted by Crippen LogP contribution is -2.47. The molecule has 31 heavy (non-hydrogen) atoms. The van der Waals surface area contributed by atoms with Gasteiger partial charge in [-0.2, -0.15) is 5.21 Å². The number of fused-ring (bicyclic) bond motifs is 4. The largest absolute Gasteiger partial charge is 0.343 e. The van der Waals surface area contributed by atoms with Gasteiger partial charge in [0.05, 0.1) is 0 Å². The zero-order valence-electron chi connectivity index (χ0n) is 17.7. The van der Waals surface area contributed by atoms with E-state index in [9.17, 15) is 4.79 Å². The van der Waals surface area contributed by atoms with Crippen LogP contribution in [0.4, 0.5) is 11.4 Å². The van der Waals surface area contributed by atoms with Crippen molar-refractivity contribution >= 4 is 28.9 Å². The highest BCUT2D eigenvalue weighted by molar-refractivity contribution is 6.30. The zero-order chi connectivity index (χ0) is 21.6. The monoisotopic (exact) mass is 436 g/mol. The number of carbonyl (C=O) groups excluding carboxylic acids is 1. The molecule has 1 N–H and O–H groups in total. The SMILES string of the molecule is CC(=O)N1CCC2(CC1)c1cc(C)ccc1N(CCc1nn[nH]n1)c1ccc(Cl)cc12. The number of benzene rings is 2. The molecule has 1 amide bonds. The van der Waals surface area contributed by atoms with Crippen molar-refractivity contribution in [2.24, 2.45) is 0 Å². The van der Waals surface area contributed by atoms with Gasteiger partial charge in [-0.05, 0) is 55.2 Å². The molecular formula is C23H25ClN6O. The summed E-state index contributed by atoms with van der Waals surface area (Å²) in [5, 5.41) is 15.2. The van der Waals surface area contributed by atoms with Crippen molar-refractivity contribution in [1.82, 2.24) is 25.5 Å². The fourth-order valence-corrected chi connectivity index (χ4v) is 5.33. The Kier molecular flexibility index (Phi) is 4.93. The molecule has 3 aromatic rings. The van der Waals surface area contributed by atoms with Crippen molar-refractivity contribution in [3.05, 3.63) is 63.9 Å². The van der Waals surface area contributed by atoms with Crippen molar-refractivity contribution in [1.29, 1.82) is 0 Å². The van der Waals surface area contributed by atoms with Gasteiger partial charge in [0.1, 0.15) is 0 Å². The molecule has 0 unspecified atom stereocenters. The van der Waals surface area contributed by atoms with Crippen LogP contribution in [-0.4, -0.2) is 51.1 Å². The molecular weight excluding hydrogens is 412 g/mol. The summed E-state index contributed by atoms with van der Waals surface area (Å²) in [6.07, 6.45) is 2.45. The van der Waals surface area contributed by atoms with Gasteiger partial charge in [0.25, 0.3) is 0 Å². The lowest BCUT2D eigenvalue weighted by Gasteiger charge is -2.49. The van der Waals surface area contributed by atoms with Crippen molar-refractivity contribution in [3.63, 3.8) is 0 Å². The van der Waals surface area contributed by atoms with Gasteiger partial charge in [0.2, 0.25) is 5.91 Å². The van der Waals surface area contributed by atoms with Crippen LogP contribution in [0.3, 0.4) is 0 Å². The van der Waals surface area contributed by atoms with E-state index >= 15 is 0 Å². The number of nitrogens with one attached hydrogen (secondary N) is 1. The summed E-state index contributed by atoms with van der Waals surface area (Å²) in [6, 6.07) is 12.9. The predicted molar refractivity (Wildman–Crippen MR) is 120 cm³/mol. The Labute approximate surface area is 186 Å². The first kappa shape index (κ1) is 20.0. The molecule has 5 rings (SSSR count). The van der Waals surface area contributed by atoms with Gasteiger partial charge >= 0.3 is 0 Å². The fourth-order valence-electron chi connectivity index (χ4n) is 5.15. The maximum atomic E-state index is 12.0. The molecule has 2 aromatic carbocycles. The summed E-state index contributed by atoms with van der Waals surface area (Å²) >= 11 is 6.51. The number of anilines is 2. The van der Waals surface area contributed by atoms with Crippen LogP contribution < -0.4 is 4.90 Å². The molecule has 2 aliphatic heterocycles. The Bertz CT molecular complexity index is 1070. The first-order valence-electron chi connectivity index (χ1n) is 10.6. The highest BCUT2D eigenvalue weighted by Crippen LogP contribution is 2.54. The number of piperidine rings is 1.